The maximum absolute atomic E-state index is 13.1. The molecule has 30 heavy (non-hydrogen) atoms. The number of nitrogens with zero attached hydrogens (tertiary/aromatic N) is 1. The van der Waals surface area contributed by atoms with Crippen LogP contribution < -0.4 is 5.32 Å². The number of benzene rings is 2. The molecule has 1 N–H and O–H groups in total. The molecular weight excluding hydrogens is 396 g/mol. The third-order valence-electron chi connectivity index (χ3n) is 4.63. The van der Waals surface area contributed by atoms with E-state index in [1.54, 1.807) is 28.6 Å². The second-order valence-corrected chi connectivity index (χ2v) is 10.5. The fourth-order valence-electron chi connectivity index (χ4n) is 3.27. The monoisotopic (exact) mass is 430 g/mol. The molecule has 0 saturated heterocycles. The predicted molar refractivity (Wildman–Crippen MR) is 123 cm³/mol. The molecule has 2 aromatic rings. The van der Waals surface area contributed by atoms with Crippen LogP contribution in [0.1, 0.15) is 46.1 Å². The van der Waals surface area contributed by atoms with Gasteiger partial charge >= 0.3 is 0 Å². The van der Waals surface area contributed by atoms with Crippen LogP contribution in [0.15, 0.2) is 59.5 Å². The van der Waals surface area contributed by atoms with E-state index < -0.39 is 10.0 Å². The summed E-state index contributed by atoms with van der Waals surface area (Å²) >= 11 is 0. The third kappa shape index (κ3) is 7.58. The van der Waals surface area contributed by atoms with Gasteiger partial charge in [0.2, 0.25) is 15.9 Å². The fourth-order valence-corrected chi connectivity index (χ4v) is 5.03. The first-order valence-electron chi connectivity index (χ1n) is 10.6. The topological polar surface area (TPSA) is 66.5 Å². The molecule has 6 heteroatoms. The largest absolute Gasteiger partial charge is 0.326 e. The molecule has 2 rings (SSSR count). The molecule has 0 aliphatic carbocycles. The molecule has 0 atom stereocenters. The van der Waals surface area contributed by atoms with Crippen LogP contribution in [-0.2, 0) is 21.2 Å². The fraction of sp³-hybridized carbons (Fsp3) is 0.458. The molecule has 164 valence electrons. The van der Waals surface area contributed by atoms with Crippen LogP contribution in [0.25, 0.3) is 0 Å². The van der Waals surface area contributed by atoms with Gasteiger partial charge in [-0.1, -0.05) is 58.0 Å². The Morgan fingerprint density at radius 2 is 1.47 bits per heavy atom. The zero-order valence-corrected chi connectivity index (χ0v) is 19.3. The minimum Gasteiger partial charge on any atom is -0.326 e. The molecule has 5 nitrogen and oxygen atoms in total. The normalized spacial score (nSPS) is 12.0. The summed E-state index contributed by atoms with van der Waals surface area (Å²) in [6, 6.07) is 16.5. The molecule has 0 saturated carbocycles. The molecule has 0 bridgehead atoms. The lowest BCUT2D eigenvalue weighted by Gasteiger charge is -2.25. The Kier molecular flexibility index (Phi) is 9.06. The highest BCUT2D eigenvalue weighted by Gasteiger charge is 2.25. The Hall–Kier alpha value is -2.18. The van der Waals surface area contributed by atoms with Gasteiger partial charge in [0.25, 0.3) is 0 Å². The standard InChI is InChI=1S/C24H34N2O3S/c1-19(2)17-26(18-20(3)4)30(28,29)23-15-13-22(14-16-23)25-24(27)12-8-11-21-9-6-5-7-10-21/h5-7,9-10,13-16,19-20H,8,11-12,17-18H2,1-4H3,(H,25,27). The van der Waals surface area contributed by atoms with Crippen LogP contribution in [0.2, 0.25) is 0 Å². The van der Waals surface area contributed by atoms with Gasteiger partial charge in [-0.05, 0) is 54.5 Å². The summed E-state index contributed by atoms with van der Waals surface area (Å²) in [6.45, 7) is 9.03. The highest BCUT2D eigenvalue weighted by atomic mass is 32.2. The Labute approximate surface area is 181 Å². The van der Waals surface area contributed by atoms with Crippen LogP contribution in [-0.4, -0.2) is 31.7 Å². The van der Waals surface area contributed by atoms with Crippen molar-refractivity contribution in [2.75, 3.05) is 18.4 Å². The molecule has 0 fully saturated rings. The van der Waals surface area contributed by atoms with Gasteiger partial charge in [-0.2, -0.15) is 4.31 Å². The van der Waals surface area contributed by atoms with Crippen molar-refractivity contribution in [3.05, 3.63) is 60.2 Å². The number of rotatable bonds is 11. The van der Waals surface area contributed by atoms with Gasteiger partial charge in [0.15, 0.2) is 0 Å². The molecule has 0 unspecified atom stereocenters. The molecule has 0 aliphatic heterocycles. The zero-order valence-electron chi connectivity index (χ0n) is 18.5. The quantitative estimate of drug-likeness (QED) is 0.548. The lowest BCUT2D eigenvalue weighted by atomic mass is 10.1. The first kappa shape index (κ1) is 24.1. The average Bonchev–Trinajstić information content (AvgIpc) is 2.68. The summed E-state index contributed by atoms with van der Waals surface area (Å²) in [6.07, 6.45) is 2.04. The average molecular weight is 431 g/mol. The van der Waals surface area contributed by atoms with Gasteiger partial charge in [-0.3, -0.25) is 4.79 Å². The number of aryl methyl sites for hydroxylation is 1. The highest BCUT2D eigenvalue weighted by molar-refractivity contribution is 7.89. The van der Waals surface area contributed by atoms with Crippen LogP contribution in [0.3, 0.4) is 0 Å². The summed E-state index contributed by atoms with van der Waals surface area (Å²) < 4.78 is 27.7. The zero-order chi connectivity index (χ0) is 22.1. The number of nitrogens with one attached hydrogen (secondary N) is 1. The molecule has 1 amide bonds. The minimum absolute atomic E-state index is 0.0669. The summed E-state index contributed by atoms with van der Waals surface area (Å²) in [5, 5.41) is 2.85. The molecular formula is C24H34N2O3S. The van der Waals surface area contributed by atoms with Crippen molar-refractivity contribution in [3.63, 3.8) is 0 Å². The number of sulfonamides is 1. The van der Waals surface area contributed by atoms with Crippen molar-refractivity contribution in [1.82, 2.24) is 4.31 Å². The van der Waals surface area contributed by atoms with E-state index in [1.165, 1.54) is 5.56 Å². The Morgan fingerprint density at radius 3 is 2.00 bits per heavy atom. The van der Waals surface area contributed by atoms with Gasteiger partial charge in [0, 0.05) is 25.2 Å². The van der Waals surface area contributed by atoms with E-state index in [1.807, 2.05) is 45.9 Å². The van der Waals surface area contributed by atoms with Crippen molar-refractivity contribution >= 4 is 21.6 Å². The third-order valence-corrected chi connectivity index (χ3v) is 6.47. The van der Waals surface area contributed by atoms with Crippen LogP contribution in [0.5, 0.6) is 0 Å². The number of hydrogen-bond acceptors (Lipinski definition) is 3. The van der Waals surface area contributed by atoms with Crippen LogP contribution >= 0.6 is 0 Å². The number of hydrogen-bond donors (Lipinski definition) is 1. The predicted octanol–water partition coefficient (Wildman–Crippen LogP) is 4.95. The second kappa shape index (κ2) is 11.3. The van der Waals surface area contributed by atoms with Crippen LogP contribution in [0.4, 0.5) is 5.69 Å². The Bertz CT molecular complexity index is 882. The summed E-state index contributed by atoms with van der Waals surface area (Å²) in [5.74, 6) is 0.420. The van der Waals surface area contributed by atoms with Crippen LogP contribution in [0, 0.1) is 11.8 Å². The number of anilines is 1. The van der Waals surface area contributed by atoms with Crippen molar-refractivity contribution in [1.29, 1.82) is 0 Å². The lowest BCUT2D eigenvalue weighted by Crippen LogP contribution is -2.37. The van der Waals surface area contributed by atoms with Gasteiger partial charge in [-0.15, -0.1) is 0 Å². The molecule has 0 heterocycles. The SMILES string of the molecule is CC(C)CN(CC(C)C)S(=O)(=O)c1ccc(NC(=O)CCCc2ccccc2)cc1. The van der Waals surface area contributed by atoms with E-state index in [0.717, 1.165) is 12.8 Å². The van der Waals surface area contributed by atoms with E-state index in [4.69, 9.17) is 0 Å². The first-order valence-corrected chi connectivity index (χ1v) is 12.1. The van der Waals surface area contributed by atoms with E-state index in [0.29, 0.717) is 25.2 Å². The molecule has 2 aromatic carbocycles. The van der Waals surface area contributed by atoms with E-state index in [9.17, 15) is 13.2 Å². The molecule has 0 spiro atoms. The number of carbonyl (C=O) groups excluding carboxylic acids is 1. The first-order chi connectivity index (χ1) is 14.2. The minimum atomic E-state index is -3.56. The highest BCUT2D eigenvalue weighted by Crippen LogP contribution is 2.21. The van der Waals surface area contributed by atoms with Gasteiger partial charge < -0.3 is 5.32 Å². The van der Waals surface area contributed by atoms with Crippen molar-refractivity contribution in [2.45, 2.75) is 51.9 Å². The van der Waals surface area contributed by atoms with E-state index in [-0.39, 0.29) is 22.6 Å². The number of amides is 1. The summed E-state index contributed by atoms with van der Waals surface area (Å²) in [4.78, 5) is 12.5. The van der Waals surface area contributed by atoms with Crippen molar-refractivity contribution in [2.24, 2.45) is 11.8 Å². The van der Waals surface area contributed by atoms with E-state index in [2.05, 4.69) is 17.4 Å². The maximum atomic E-state index is 13.1. The summed E-state index contributed by atoms with van der Waals surface area (Å²) in [5.41, 5.74) is 1.82. The molecule has 0 aliphatic rings. The number of carbonyl (C=O) groups is 1. The Morgan fingerprint density at radius 1 is 0.900 bits per heavy atom. The molecule has 0 radical (unpaired) electrons. The van der Waals surface area contributed by atoms with Gasteiger partial charge in [-0.25, -0.2) is 8.42 Å². The molecule has 0 aromatic heterocycles. The second-order valence-electron chi connectivity index (χ2n) is 8.52. The smallest absolute Gasteiger partial charge is 0.243 e. The lowest BCUT2D eigenvalue weighted by molar-refractivity contribution is -0.116. The summed E-state index contributed by atoms with van der Waals surface area (Å²) in [7, 11) is -3.56. The van der Waals surface area contributed by atoms with Crippen molar-refractivity contribution < 1.29 is 13.2 Å². The maximum Gasteiger partial charge on any atom is 0.243 e. The van der Waals surface area contributed by atoms with Crippen molar-refractivity contribution in [3.8, 4) is 0 Å². The van der Waals surface area contributed by atoms with Gasteiger partial charge in [0.05, 0.1) is 4.90 Å². The Balaban J connectivity index is 1.96. The van der Waals surface area contributed by atoms with Gasteiger partial charge in [0.1, 0.15) is 0 Å². The van der Waals surface area contributed by atoms with E-state index >= 15 is 0 Å².